The van der Waals surface area contributed by atoms with Crippen LogP contribution in [0.25, 0.3) is 0 Å². The maximum absolute atomic E-state index is 9.15. The largest absolute Gasteiger partial charge is 0.369 e. The van der Waals surface area contributed by atoms with Gasteiger partial charge in [-0.25, -0.2) is 0 Å². The highest BCUT2D eigenvalue weighted by molar-refractivity contribution is 5.23. The first-order chi connectivity index (χ1) is 3.69. The van der Waals surface area contributed by atoms with Gasteiger partial charge in [-0.3, -0.25) is 5.43 Å². The van der Waals surface area contributed by atoms with Gasteiger partial charge in [0.05, 0.1) is 0 Å². The maximum Gasteiger partial charge on any atom is 0.153 e. The molecule has 0 spiro atoms. The first kappa shape index (κ1) is 5.56. The molecule has 2 atom stereocenters. The predicted octanol–water partition coefficient (Wildman–Crippen LogP) is -0.0800. The number of hydrogen-bond donors (Lipinski definition) is 2. The van der Waals surface area contributed by atoms with Gasteiger partial charge in [-0.05, 0) is 0 Å². The second-order valence-electron chi connectivity index (χ2n) is 2.30. The van der Waals surface area contributed by atoms with Gasteiger partial charge in [0.1, 0.15) is 0 Å². The smallest absolute Gasteiger partial charge is 0.153 e. The second kappa shape index (κ2) is 1.45. The molecule has 0 amide bonds. The molecular weight excluding hydrogens is 104 g/mol. The van der Waals surface area contributed by atoms with E-state index in [0.29, 0.717) is 5.92 Å². The summed E-state index contributed by atoms with van der Waals surface area (Å²) in [5.74, 6) is 0.327. The molecule has 1 fully saturated rings. The highest BCUT2D eigenvalue weighted by Crippen LogP contribution is 2.39. The molecular formula is C5H10N2O. The number of rotatable bonds is 2. The van der Waals surface area contributed by atoms with Crippen LogP contribution >= 0.6 is 0 Å². The topological polar surface area (TPSA) is 44.6 Å². The van der Waals surface area contributed by atoms with Crippen LogP contribution in [0, 0.1) is 5.92 Å². The van der Waals surface area contributed by atoms with Gasteiger partial charge in [-0.1, -0.05) is 6.92 Å². The van der Waals surface area contributed by atoms with Crippen LogP contribution in [0.4, 0.5) is 0 Å². The molecule has 0 heterocycles. The molecule has 0 aliphatic heterocycles. The summed E-state index contributed by atoms with van der Waals surface area (Å²) in [6, 6.07) is 0. The molecule has 46 valence electrons. The molecule has 0 aromatic heterocycles. The van der Waals surface area contributed by atoms with E-state index >= 15 is 0 Å². The predicted molar refractivity (Wildman–Crippen MR) is 31.4 cm³/mol. The SMILES string of the molecule is C=NNC1(O)CC1C. The Bertz CT molecular complexity index is 115. The summed E-state index contributed by atoms with van der Waals surface area (Å²) in [5, 5.41) is 12.5. The van der Waals surface area contributed by atoms with Crippen LogP contribution in [0.3, 0.4) is 0 Å². The minimum Gasteiger partial charge on any atom is -0.369 e. The van der Waals surface area contributed by atoms with Gasteiger partial charge in [-0.15, -0.1) is 0 Å². The average Bonchev–Trinajstić information content (AvgIpc) is 2.16. The fraction of sp³-hybridized carbons (Fsp3) is 0.800. The average molecular weight is 114 g/mol. The van der Waals surface area contributed by atoms with Gasteiger partial charge in [-0.2, -0.15) is 5.10 Å². The third-order valence-electron chi connectivity index (χ3n) is 1.55. The van der Waals surface area contributed by atoms with Gasteiger partial charge in [0.15, 0.2) is 5.72 Å². The van der Waals surface area contributed by atoms with Crippen molar-refractivity contribution in [2.75, 3.05) is 0 Å². The van der Waals surface area contributed by atoms with Crippen molar-refractivity contribution >= 4 is 6.72 Å². The summed E-state index contributed by atoms with van der Waals surface area (Å²) in [4.78, 5) is 0. The molecule has 3 heteroatoms. The molecule has 0 radical (unpaired) electrons. The zero-order valence-corrected chi connectivity index (χ0v) is 4.89. The Balaban J connectivity index is 2.35. The molecule has 1 aliphatic carbocycles. The van der Waals surface area contributed by atoms with E-state index in [2.05, 4.69) is 17.2 Å². The highest BCUT2D eigenvalue weighted by Gasteiger charge is 2.49. The Morgan fingerprint density at radius 1 is 2.00 bits per heavy atom. The van der Waals surface area contributed by atoms with Gasteiger partial charge < -0.3 is 5.11 Å². The third-order valence-corrected chi connectivity index (χ3v) is 1.55. The van der Waals surface area contributed by atoms with Crippen LogP contribution in [-0.4, -0.2) is 17.5 Å². The summed E-state index contributed by atoms with van der Waals surface area (Å²) < 4.78 is 0. The minimum atomic E-state index is -0.720. The van der Waals surface area contributed by atoms with Crippen molar-refractivity contribution < 1.29 is 5.11 Å². The van der Waals surface area contributed by atoms with Crippen molar-refractivity contribution in [3.05, 3.63) is 0 Å². The van der Waals surface area contributed by atoms with Crippen molar-refractivity contribution in [3.8, 4) is 0 Å². The van der Waals surface area contributed by atoms with Crippen molar-refractivity contribution in [1.82, 2.24) is 5.43 Å². The van der Waals surface area contributed by atoms with E-state index in [9.17, 15) is 0 Å². The van der Waals surface area contributed by atoms with E-state index in [1.807, 2.05) is 6.92 Å². The summed E-state index contributed by atoms with van der Waals surface area (Å²) in [5.41, 5.74) is 1.79. The van der Waals surface area contributed by atoms with Gasteiger partial charge in [0.25, 0.3) is 0 Å². The lowest BCUT2D eigenvalue weighted by atomic mass is 10.4. The zero-order chi connectivity index (χ0) is 6.20. The molecule has 0 saturated heterocycles. The summed E-state index contributed by atoms with van der Waals surface area (Å²) in [6.07, 6.45) is 0.784. The second-order valence-corrected chi connectivity index (χ2v) is 2.30. The van der Waals surface area contributed by atoms with Gasteiger partial charge in [0, 0.05) is 19.1 Å². The van der Waals surface area contributed by atoms with Crippen molar-refractivity contribution in [3.63, 3.8) is 0 Å². The summed E-state index contributed by atoms with van der Waals surface area (Å²) in [6.45, 7) is 5.16. The number of nitrogens with zero attached hydrogens (tertiary/aromatic N) is 1. The van der Waals surface area contributed by atoms with Crippen molar-refractivity contribution in [2.45, 2.75) is 19.1 Å². The van der Waals surface area contributed by atoms with E-state index in [4.69, 9.17) is 5.11 Å². The minimum absolute atomic E-state index is 0.327. The van der Waals surface area contributed by atoms with Gasteiger partial charge in [0.2, 0.25) is 0 Å². The number of hydrazone groups is 1. The normalized spacial score (nSPS) is 43.5. The van der Waals surface area contributed by atoms with E-state index in [0.717, 1.165) is 6.42 Å². The maximum atomic E-state index is 9.15. The number of hydrogen-bond acceptors (Lipinski definition) is 3. The monoisotopic (exact) mass is 114 g/mol. The fourth-order valence-corrected chi connectivity index (χ4v) is 0.701. The lowest BCUT2D eigenvalue weighted by Crippen LogP contribution is -2.27. The molecule has 1 rings (SSSR count). The number of nitrogens with one attached hydrogen (secondary N) is 1. The Morgan fingerprint density at radius 2 is 2.50 bits per heavy atom. The quantitative estimate of drug-likeness (QED) is 0.299. The standard InChI is InChI=1S/C5H10N2O/c1-4-3-5(4,8)7-6-2/h4,7-8H,2-3H2,1H3. The van der Waals surface area contributed by atoms with Crippen LogP contribution < -0.4 is 5.43 Å². The van der Waals surface area contributed by atoms with E-state index in [1.54, 1.807) is 0 Å². The molecule has 0 bridgehead atoms. The molecule has 1 aliphatic rings. The molecule has 1 saturated carbocycles. The van der Waals surface area contributed by atoms with Crippen molar-refractivity contribution in [1.29, 1.82) is 0 Å². The highest BCUT2D eigenvalue weighted by atomic mass is 16.3. The number of aliphatic hydroxyl groups is 1. The van der Waals surface area contributed by atoms with Crippen LogP contribution in [0.2, 0.25) is 0 Å². The Labute approximate surface area is 48.4 Å². The van der Waals surface area contributed by atoms with Crippen LogP contribution in [0.5, 0.6) is 0 Å². The Kier molecular flexibility index (Phi) is 1.01. The summed E-state index contributed by atoms with van der Waals surface area (Å²) in [7, 11) is 0. The van der Waals surface area contributed by atoms with Crippen LogP contribution in [0.15, 0.2) is 5.10 Å². The molecule has 2 N–H and O–H groups in total. The van der Waals surface area contributed by atoms with E-state index in [-0.39, 0.29) is 0 Å². The fourth-order valence-electron chi connectivity index (χ4n) is 0.701. The first-order valence-electron chi connectivity index (χ1n) is 2.64. The molecule has 2 unspecified atom stereocenters. The lowest BCUT2D eigenvalue weighted by molar-refractivity contribution is 0.0983. The van der Waals surface area contributed by atoms with Crippen LogP contribution in [-0.2, 0) is 0 Å². The van der Waals surface area contributed by atoms with E-state index < -0.39 is 5.72 Å². The van der Waals surface area contributed by atoms with Crippen LogP contribution in [0.1, 0.15) is 13.3 Å². The molecule has 3 nitrogen and oxygen atoms in total. The lowest BCUT2D eigenvalue weighted by Gasteiger charge is -2.05. The molecule has 8 heavy (non-hydrogen) atoms. The van der Waals surface area contributed by atoms with Crippen molar-refractivity contribution in [2.24, 2.45) is 11.0 Å². The zero-order valence-electron chi connectivity index (χ0n) is 4.89. The summed E-state index contributed by atoms with van der Waals surface area (Å²) >= 11 is 0. The van der Waals surface area contributed by atoms with Gasteiger partial charge >= 0.3 is 0 Å². The Morgan fingerprint density at radius 3 is 2.62 bits per heavy atom. The Hall–Kier alpha value is -0.570. The van der Waals surface area contributed by atoms with E-state index in [1.165, 1.54) is 0 Å². The first-order valence-corrected chi connectivity index (χ1v) is 2.64. The molecule has 0 aromatic carbocycles. The molecule has 0 aromatic rings. The third kappa shape index (κ3) is 0.690.